The van der Waals surface area contributed by atoms with Crippen LogP contribution in [0.1, 0.15) is 31.7 Å². The van der Waals surface area contributed by atoms with Crippen molar-refractivity contribution in [3.05, 3.63) is 28.8 Å². The van der Waals surface area contributed by atoms with Crippen molar-refractivity contribution < 1.29 is 5.11 Å². The van der Waals surface area contributed by atoms with Gasteiger partial charge in [0.2, 0.25) is 0 Å². The van der Waals surface area contributed by atoms with Crippen LogP contribution in [0.3, 0.4) is 0 Å². The highest BCUT2D eigenvalue weighted by atomic mass is 35.5. The van der Waals surface area contributed by atoms with Gasteiger partial charge in [0.15, 0.2) is 0 Å². The number of unbranched alkanes of at least 4 members (excludes halogenated alkanes) is 2. The maximum absolute atomic E-state index is 9.20. The molecule has 0 aliphatic carbocycles. The van der Waals surface area contributed by atoms with Crippen LogP contribution in [-0.2, 0) is 6.61 Å². The Balaban J connectivity index is 2.56. The first kappa shape index (κ1) is 12.9. The van der Waals surface area contributed by atoms with Crippen molar-refractivity contribution >= 4 is 23.4 Å². The van der Waals surface area contributed by atoms with Gasteiger partial charge in [-0.3, -0.25) is 0 Å². The molecule has 0 aliphatic rings. The Morgan fingerprint density at radius 2 is 2.13 bits per heavy atom. The summed E-state index contributed by atoms with van der Waals surface area (Å²) in [5.74, 6) is 1.10. The van der Waals surface area contributed by atoms with Crippen molar-refractivity contribution in [2.45, 2.75) is 37.7 Å². The molecule has 0 aromatic heterocycles. The number of benzene rings is 1. The summed E-state index contributed by atoms with van der Waals surface area (Å²) in [7, 11) is 0. The molecule has 84 valence electrons. The van der Waals surface area contributed by atoms with Gasteiger partial charge in [0.05, 0.1) is 6.61 Å². The third-order valence-electron chi connectivity index (χ3n) is 2.24. The molecule has 0 aliphatic heterocycles. The fourth-order valence-corrected chi connectivity index (χ4v) is 2.74. The molecule has 1 N–H and O–H groups in total. The molecule has 1 aromatic rings. The molecule has 0 fully saturated rings. The monoisotopic (exact) mass is 244 g/mol. The topological polar surface area (TPSA) is 20.2 Å². The van der Waals surface area contributed by atoms with Gasteiger partial charge >= 0.3 is 0 Å². The van der Waals surface area contributed by atoms with Gasteiger partial charge in [-0.15, -0.1) is 11.8 Å². The van der Waals surface area contributed by atoms with E-state index in [2.05, 4.69) is 6.92 Å². The number of hydrogen-bond donors (Lipinski definition) is 1. The number of aliphatic hydroxyl groups is 1. The summed E-state index contributed by atoms with van der Waals surface area (Å²) in [6, 6.07) is 5.78. The largest absolute Gasteiger partial charge is 0.392 e. The lowest BCUT2D eigenvalue weighted by molar-refractivity contribution is 0.279. The smallest absolute Gasteiger partial charge is 0.0707 e. The van der Waals surface area contributed by atoms with Gasteiger partial charge < -0.3 is 5.11 Å². The Morgan fingerprint density at radius 3 is 2.80 bits per heavy atom. The van der Waals surface area contributed by atoms with E-state index in [0.717, 1.165) is 16.2 Å². The molecule has 0 spiro atoms. The summed E-state index contributed by atoms with van der Waals surface area (Å²) in [6.45, 7) is 2.22. The predicted octanol–water partition coefficient (Wildman–Crippen LogP) is 4.11. The second kappa shape index (κ2) is 7.15. The number of aliphatic hydroxyl groups excluding tert-OH is 1. The third kappa shape index (κ3) is 4.06. The maximum atomic E-state index is 9.20. The molecule has 1 rings (SSSR count). The Morgan fingerprint density at radius 1 is 1.33 bits per heavy atom. The van der Waals surface area contributed by atoms with E-state index in [9.17, 15) is 5.11 Å². The summed E-state index contributed by atoms with van der Waals surface area (Å²) in [6.07, 6.45) is 3.73. The van der Waals surface area contributed by atoms with Crippen molar-refractivity contribution in [2.75, 3.05) is 5.75 Å². The quantitative estimate of drug-likeness (QED) is 0.600. The highest BCUT2D eigenvalue weighted by Crippen LogP contribution is 2.29. The lowest BCUT2D eigenvalue weighted by atomic mass is 10.2. The van der Waals surface area contributed by atoms with Crippen LogP contribution in [0, 0.1) is 0 Å². The third-order valence-corrected chi connectivity index (χ3v) is 3.78. The zero-order valence-electron chi connectivity index (χ0n) is 9.00. The average Bonchev–Trinajstić information content (AvgIpc) is 2.24. The first-order valence-corrected chi connectivity index (χ1v) is 6.67. The highest BCUT2D eigenvalue weighted by molar-refractivity contribution is 7.99. The van der Waals surface area contributed by atoms with Crippen LogP contribution in [-0.4, -0.2) is 10.9 Å². The van der Waals surface area contributed by atoms with E-state index in [0.29, 0.717) is 5.02 Å². The van der Waals surface area contributed by atoms with E-state index in [4.69, 9.17) is 11.6 Å². The Kier molecular flexibility index (Phi) is 6.15. The first-order valence-electron chi connectivity index (χ1n) is 5.30. The number of thioether (sulfide) groups is 1. The zero-order chi connectivity index (χ0) is 11.1. The number of rotatable bonds is 6. The van der Waals surface area contributed by atoms with Crippen molar-refractivity contribution in [3.63, 3.8) is 0 Å². The van der Waals surface area contributed by atoms with Crippen LogP contribution in [0.15, 0.2) is 23.1 Å². The van der Waals surface area contributed by atoms with Crippen LogP contribution < -0.4 is 0 Å². The van der Waals surface area contributed by atoms with E-state index >= 15 is 0 Å². The van der Waals surface area contributed by atoms with Gasteiger partial charge in [0.1, 0.15) is 0 Å². The summed E-state index contributed by atoms with van der Waals surface area (Å²) in [5, 5.41) is 9.87. The molecule has 0 saturated carbocycles. The number of halogens is 1. The van der Waals surface area contributed by atoms with E-state index < -0.39 is 0 Å². The van der Waals surface area contributed by atoms with E-state index in [1.807, 2.05) is 18.2 Å². The van der Waals surface area contributed by atoms with Gasteiger partial charge in [-0.25, -0.2) is 0 Å². The molecule has 1 aromatic carbocycles. The van der Waals surface area contributed by atoms with Crippen LogP contribution in [0.2, 0.25) is 5.02 Å². The maximum Gasteiger partial charge on any atom is 0.0707 e. The first-order chi connectivity index (χ1) is 7.29. The van der Waals surface area contributed by atoms with Crippen LogP contribution in [0.25, 0.3) is 0 Å². The summed E-state index contributed by atoms with van der Waals surface area (Å²) < 4.78 is 0. The molecule has 1 nitrogen and oxygen atoms in total. The van der Waals surface area contributed by atoms with Gasteiger partial charge in [0, 0.05) is 15.5 Å². The minimum Gasteiger partial charge on any atom is -0.392 e. The van der Waals surface area contributed by atoms with Crippen molar-refractivity contribution in [1.82, 2.24) is 0 Å². The fraction of sp³-hybridized carbons (Fsp3) is 0.500. The molecule has 3 heteroatoms. The second-order valence-corrected chi connectivity index (χ2v) is 4.97. The Bertz CT molecular complexity index is 302. The molecule has 0 heterocycles. The van der Waals surface area contributed by atoms with Crippen LogP contribution >= 0.6 is 23.4 Å². The predicted molar refractivity (Wildman–Crippen MR) is 67.6 cm³/mol. The van der Waals surface area contributed by atoms with Crippen molar-refractivity contribution in [3.8, 4) is 0 Å². The normalized spacial score (nSPS) is 10.6. The molecule has 0 atom stereocenters. The molecule has 0 radical (unpaired) electrons. The lowest BCUT2D eigenvalue weighted by Gasteiger charge is -2.08. The molecular weight excluding hydrogens is 228 g/mol. The fourth-order valence-electron chi connectivity index (χ4n) is 1.36. The van der Waals surface area contributed by atoms with Gasteiger partial charge in [-0.1, -0.05) is 37.4 Å². The minimum absolute atomic E-state index is 0.0236. The molecule has 15 heavy (non-hydrogen) atoms. The van der Waals surface area contributed by atoms with E-state index in [-0.39, 0.29) is 6.61 Å². The lowest BCUT2D eigenvalue weighted by Crippen LogP contribution is -1.90. The Labute approximate surface area is 101 Å². The highest BCUT2D eigenvalue weighted by Gasteiger charge is 2.05. The standard InChI is InChI=1S/C12H17ClOS/c1-2-3-4-8-15-12-7-5-6-11(13)10(12)9-14/h5-7,14H,2-4,8-9H2,1H3. The van der Waals surface area contributed by atoms with Crippen molar-refractivity contribution in [2.24, 2.45) is 0 Å². The van der Waals surface area contributed by atoms with Gasteiger partial charge in [0.25, 0.3) is 0 Å². The Hall–Kier alpha value is -0.180. The molecule has 0 saturated heterocycles. The SMILES string of the molecule is CCCCCSc1cccc(Cl)c1CO. The van der Waals surface area contributed by atoms with Gasteiger partial charge in [-0.05, 0) is 24.3 Å². The molecular formula is C12H17ClOS. The van der Waals surface area contributed by atoms with Crippen LogP contribution in [0.4, 0.5) is 0 Å². The summed E-state index contributed by atoms with van der Waals surface area (Å²) in [5.41, 5.74) is 0.862. The molecule has 0 unspecified atom stereocenters. The van der Waals surface area contributed by atoms with Crippen LogP contribution in [0.5, 0.6) is 0 Å². The summed E-state index contributed by atoms with van der Waals surface area (Å²) in [4.78, 5) is 1.11. The van der Waals surface area contributed by atoms with Crippen molar-refractivity contribution in [1.29, 1.82) is 0 Å². The van der Waals surface area contributed by atoms with E-state index in [1.54, 1.807) is 11.8 Å². The molecule has 0 amide bonds. The second-order valence-electron chi connectivity index (χ2n) is 3.43. The van der Waals surface area contributed by atoms with E-state index in [1.165, 1.54) is 19.3 Å². The average molecular weight is 245 g/mol. The summed E-state index contributed by atoms with van der Waals surface area (Å²) >= 11 is 7.78. The zero-order valence-corrected chi connectivity index (χ0v) is 10.6. The van der Waals surface area contributed by atoms with Gasteiger partial charge in [-0.2, -0.15) is 0 Å². The number of hydrogen-bond acceptors (Lipinski definition) is 2. The molecule has 0 bridgehead atoms. The minimum atomic E-state index is 0.0236.